The molecule has 0 aliphatic carbocycles. The van der Waals surface area contributed by atoms with Crippen LogP contribution >= 0.6 is 0 Å². The van der Waals surface area contributed by atoms with E-state index in [2.05, 4.69) is 34.4 Å². The molecule has 0 radical (unpaired) electrons. The lowest BCUT2D eigenvalue weighted by Crippen LogP contribution is -2.16. The lowest BCUT2D eigenvalue weighted by Gasteiger charge is -2.10. The Hall–Kier alpha value is -2.50. The van der Waals surface area contributed by atoms with Crippen molar-refractivity contribution in [1.29, 1.82) is 0 Å². The van der Waals surface area contributed by atoms with Gasteiger partial charge in [0.15, 0.2) is 0 Å². The van der Waals surface area contributed by atoms with Crippen molar-refractivity contribution >= 4 is 17.5 Å². The summed E-state index contributed by atoms with van der Waals surface area (Å²) in [6, 6.07) is 7.21. The van der Waals surface area contributed by atoms with Gasteiger partial charge < -0.3 is 10.6 Å². The molecule has 2 rings (SSSR count). The zero-order valence-corrected chi connectivity index (χ0v) is 13.6. The van der Waals surface area contributed by atoms with E-state index in [0.717, 1.165) is 13.0 Å². The number of aryl methyl sites for hydroxylation is 1. The molecule has 122 valence electrons. The maximum absolute atomic E-state index is 12.9. The molecule has 1 aromatic carbocycles. The molecule has 0 saturated heterocycles. The summed E-state index contributed by atoms with van der Waals surface area (Å²) in [5, 5.41) is 5.82. The number of benzene rings is 1. The first kappa shape index (κ1) is 16.9. The van der Waals surface area contributed by atoms with E-state index >= 15 is 0 Å². The summed E-state index contributed by atoms with van der Waals surface area (Å²) in [4.78, 5) is 20.8. The number of hydrogen-bond donors (Lipinski definition) is 2. The highest BCUT2D eigenvalue weighted by Gasteiger charge is 2.11. The summed E-state index contributed by atoms with van der Waals surface area (Å²) in [6.07, 6.45) is 0.994. The Labute approximate surface area is 135 Å². The number of anilines is 2. The van der Waals surface area contributed by atoms with Crippen LogP contribution in [0.15, 0.2) is 30.3 Å². The average molecular weight is 316 g/mol. The molecular weight excluding hydrogens is 295 g/mol. The fourth-order valence-electron chi connectivity index (χ4n) is 1.96. The van der Waals surface area contributed by atoms with Crippen LogP contribution < -0.4 is 10.6 Å². The molecule has 0 unspecified atom stereocenters. The SMILES string of the molecule is Cc1cc(C(=O)Nc2ccc(F)cc2)nc(NCCC(C)C)n1. The number of nitrogens with zero attached hydrogens (tertiary/aromatic N) is 2. The second-order valence-corrected chi connectivity index (χ2v) is 5.79. The highest BCUT2D eigenvalue weighted by Crippen LogP contribution is 2.12. The van der Waals surface area contributed by atoms with Crippen molar-refractivity contribution in [1.82, 2.24) is 9.97 Å². The Morgan fingerprint density at radius 1 is 1.22 bits per heavy atom. The molecular formula is C17H21FN4O. The Morgan fingerprint density at radius 2 is 1.91 bits per heavy atom. The average Bonchev–Trinajstić information content (AvgIpc) is 2.48. The van der Waals surface area contributed by atoms with E-state index in [1.165, 1.54) is 24.3 Å². The van der Waals surface area contributed by atoms with Crippen molar-refractivity contribution in [2.45, 2.75) is 27.2 Å². The van der Waals surface area contributed by atoms with Crippen LogP contribution in [0.3, 0.4) is 0 Å². The van der Waals surface area contributed by atoms with Gasteiger partial charge in [0.05, 0.1) is 0 Å². The molecule has 0 aliphatic rings. The van der Waals surface area contributed by atoms with Crippen molar-refractivity contribution in [2.24, 2.45) is 5.92 Å². The Kier molecular flexibility index (Phi) is 5.62. The number of carbonyl (C=O) groups is 1. The molecule has 1 aromatic heterocycles. The van der Waals surface area contributed by atoms with Gasteiger partial charge in [-0.2, -0.15) is 0 Å². The van der Waals surface area contributed by atoms with Crippen LogP contribution in [-0.2, 0) is 0 Å². The molecule has 5 nitrogen and oxygen atoms in total. The van der Waals surface area contributed by atoms with Gasteiger partial charge in [-0.3, -0.25) is 4.79 Å². The Balaban J connectivity index is 2.07. The fourth-order valence-corrected chi connectivity index (χ4v) is 1.96. The molecule has 0 aliphatic heterocycles. The minimum Gasteiger partial charge on any atom is -0.354 e. The van der Waals surface area contributed by atoms with Crippen molar-refractivity contribution in [2.75, 3.05) is 17.2 Å². The number of aromatic nitrogens is 2. The molecule has 1 heterocycles. The molecule has 2 N–H and O–H groups in total. The molecule has 0 spiro atoms. The molecule has 0 saturated carbocycles. The Morgan fingerprint density at radius 3 is 2.57 bits per heavy atom. The summed E-state index contributed by atoms with van der Waals surface area (Å²) >= 11 is 0. The van der Waals surface area contributed by atoms with Gasteiger partial charge in [0.1, 0.15) is 11.5 Å². The van der Waals surface area contributed by atoms with Gasteiger partial charge in [0, 0.05) is 17.9 Å². The van der Waals surface area contributed by atoms with Crippen molar-refractivity contribution in [3.8, 4) is 0 Å². The number of carbonyl (C=O) groups excluding carboxylic acids is 1. The number of amides is 1. The van der Waals surface area contributed by atoms with Crippen molar-refractivity contribution < 1.29 is 9.18 Å². The first-order valence-electron chi connectivity index (χ1n) is 7.60. The van der Waals surface area contributed by atoms with Gasteiger partial charge in [-0.05, 0) is 49.6 Å². The summed E-state index contributed by atoms with van der Waals surface area (Å²) in [7, 11) is 0. The molecule has 23 heavy (non-hydrogen) atoms. The number of rotatable bonds is 6. The second kappa shape index (κ2) is 7.67. The standard InChI is InChI=1S/C17H21FN4O/c1-11(2)8-9-19-17-20-12(3)10-15(22-17)16(23)21-14-6-4-13(18)5-7-14/h4-7,10-11H,8-9H2,1-3H3,(H,21,23)(H,19,20,22). The molecule has 1 amide bonds. The topological polar surface area (TPSA) is 66.9 Å². The minimum absolute atomic E-state index is 0.272. The molecule has 0 fully saturated rings. The summed E-state index contributed by atoms with van der Waals surface area (Å²) in [5.74, 6) is 0.315. The number of halogens is 1. The minimum atomic E-state index is -0.353. The van der Waals surface area contributed by atoms with Crippen LogP contribution in [0.25, 0.3) is 0 Å². The van der Waals surface area contributed by atoms with Crippen molar-refractivity contribution in [3.05, 3.63) is 47.5 Å². The van der Waals surface area contributed by atoms with Crippen LogP contribution in [0.1, 0.15) is 36.5 Å². The lowest BCUT2D eigenvalue weighted by atomic mass is 10.1. The third-order valence-electron chi connectivity index (χ3n) is 3.19. The van der Waals surface area contributed by atoms with Crippen LogP contribution in [0.5, 0.6) is 0 Å². The van der Waals surface area contributed by atoms with E-state index in [-0.39, 0.29) is 17.4 Å². The molecule has 6 heteroatoms. The first-order chi connectivity index (χ1) is 10.9. The van der Waals surface area contributed by atoms with E-state index < -0.39 is 0 Å². The van der Waals surface area contributed by atoms with Crippen LogP contribution in [0.2, 0.25) is 0 Å². The van der Waals surface area contributed by atoms with Gasteiger partial charge in [-0.15, -0.1) is 0 Å². The van der Waals surface area contributed by atoms with Crippen molar-refractivity contribution in [3.63, 3.8) is 0 Å². The van der Waals surface area contributed by atoms with Gasteiger partial charge in [0.2, 0.25) is 5.95 Å². The smallest absolute Gasteiger partial charge is 0.274 e. The largest absolute Gasteiger partial charge is 0.354 e. The van der Waals surface area contributed by atoms with E-state index in [9.17, 15) is 9.18 Å². The highest BCUT2D eigenvalue weighted by molar-refractivity contribution is 6.03. The van der Waals surface area contributed by atoms with E-state index in [1.54, 1.807) is 6.07 Å². The fraction of sp³-hybridized carbons (Fsp3) is 0.353. The summed E-state index contributed by atoms with van der Waals surface area (Å²) in [5.41, 5.74) is 1.49. The number of hydrogen-bond acceptors (Lipinski definition) is 4. The van der Waals surface area contributed by atoms with Crippen LogP contribution in [0.4, 0.5) is 16.0 Å². The van der Waals surface area contributed by atoms with E-state index in [1.807, 2.05) is 6.92 Å². The third kappa shape index (κ3) is 5.32. The first-order valence-corrected chi connectivity index (χ1v) is 7.60. The van der Waals surface area contributed by atoms with Gasteiger partial charge in [-0.1, -0.05) is 13.8 Å². The summed E-state index contributed by atoms with van der Waals surface area (Å²) < 4.78 is 12.9. The maximum Gasteiger partial charge on any atom is 0.274 e. The number of nitrogens with one attached hydrogen (secondary N) is 2. The highest BCUT2D eigenvalue weighted by atomic mass is 19.1. The lowest BCUT2D eigenvalue weighted by molar-refractivity contribution is 0.102. The predicted octanol–water partition coefficient (Wildman–Crippen LogP) is 3.63. The van der Waals surface area contributed by atoms with Gasteiger partial charge >= 0.3 is 0 Å². The normalized spacial score (nSPS) is 10.7. The zero-order chi connectivity index (χ0) is 16.8. The monoisotopic (exact) mass is 316 g/mol. The van der Waals surface area contributed by atoms with Gasteiger partial charge in [0.25, 0.3) is 5.91 Å². The van der Waals surface area contributed by atoms with Crippen LogP contribution in [0, 0.1) is 18.7 Å². The molecule has 0 bridgehead atoms. The van der Waals surface area contributed by atoms with Crippen LogP contribution in [-0.4, -0.2) is 22.4 Å². The Bertz CT molecular complexity index is 671. The maximum atomic E-state index is 12.9. The second-order valence-electron chi connectivity index (χ2n) is 5.79. The predicted molar refractivity (Wildman–Crippen MR) is 89.1 cm³/mol. The zero-order valence-electron chi connectivity index (χ0n) is 13.6. The molecule has 0 atom stereocenters. The van der Waals surface area contributed by atoms with E-state index in [4.69, 9.17) is 0 Å². The van der Waals surface area contributed by atoms with Gasteiger partial charge in [-0.25, -0.2) is 14.4 Å². The third-order valence-corrected chi connectivity index (χ3v) is 3.19. The quantitative estimate of drug-likeness (QED) is 0.854. The van der Waals surface area contributed by atoms with E-state index in [0.29, 0.717) is 23.2 Å². The molecule has 2 aromatic rings. The summed E-state index contributed by atoms with van der Waals surface area (Å²) in [6.45, 7) is 6.84.